The predicted molar refractivity (Wildman–Crippen MR) is 88.6 cm³/mol. The van der Waals surface area contributed by atoms with Gasteiger partial charge in [0.15, 0.2) is 5.04 Å². The Morgan fingerprint density at radius 2 is 2.26 bits per heavy atom. The smallest absolute Gasteiger partial charge is 0.261 e. The molecule has 1 aromatic carbocycles. The van der Waals surface area contributed by atoms with Crippen molar-refractivity contribution in [1.82, 2.24) is 19.8 Å². The lowest BCUT2D eigenvalue weighted by Crippen LogP contribution is -2.50. The third-order valence-corrected chi connectivity index (χ3v) is 5.77. The van der Waals surface area contributed by atoms with Crippen LogP contribution in [0.4, 0.5) is 0 Å². The van der Waals surface area contributed by atoms with Crippen LogP contribution in [-0.4, -0.2) is 53.8 Å². The zero-order valence-corrected chi connectivity index (χ0v) is 13.4. The van der Waals surface area contributed by atoms with Crippen molar-refractivity contribution in [1.29, 1.82) is 10.8 Å². The molecule has 2 aromatic rings. The van der Waals surface area contributed by atoms with E-state index < -0.39 is 15.1 Å². The molecule has 0 aliphatic carbocycles. The number of sulfonamides is 1. The summed E-state index contributed by atoms with van der Waals surface area (Å²) in [5.74, 6) is 0. The van der Waals surface area contributed by atoms with E-state index in [9.17, 15) is 8.42 Å². The minimum Gasteiger partial charge on any atom is -0.307 e. The monoisotopic (exact) mass is 334 g/mol. The van der Waals surface area contributed by atoms with Crippen LogP contribution in [0, 0.1) is 17.7 Å². The van der Waals surface area contributed by atoms with E-state index in [0.717, 1.165) is 22.0 Å². The number of hydrogen-bond donors (Lipinski definition) is 4. The fourth-order valence-electron chi connectivity index (χ4n) is 2.86. The molecule has 0 bridgehead atoms. The molecule has 1 aromatic heterocycles. The quantitative estimate of drug-likeness (QED) is 0.488. The summed E-state index contributed by atoms with van der Waals surface area (Å²) in [6.07, 6.45) is 2.30. The number of aromatic amines is 1. The molecule has 0 saturated carbocycles. The first-order valence-corrected chi connectivity index (χ1v) is 8.63. The van der Waals surface area contributed by atoms with Gasteiger partial charge in [-0.3, -0.25) is 10.5 Å². The van der Waals surface area contributed by atoms with Crippen molar-refractivity contribution < 1.29 is 8.42 Å². The molecule has 23 heavy (non-hydrogen) atoms. The van der Waals surface area contributed by atoms with Crippen molar-refractivity contribution in [3.8, 4) is 0 Å². The van der Waals surface area contributed by atoms with Crippen LogP contribution in [-0.2, 0) is 10.0 Å². The molecular formula is C14H18N6O2S. The number of benzene rings is 1. The van der Waals surface area contributed by atoms with Crippen molar-refractivity contribution >= 4 is 32.2 Å². The van der Waals surface area contributed by atoms with Crippen LogP contribution >= 0.6 is 0 Å². The molecule has 1 atom stereocenters. The summed E-state index contributed by atoms with van der Waals surface area (Å²) in [7, 11) is -3.88. The van der Waals surface area contributed by atoms with Gasteiger partial charge in [-0.15, -0.1) is 0 Å². The molecule has 0 amide bonds. The molecule has 1 aliphatic heterocycles. The lowest BCUT2D eigenvalue weighted by Gasteiger charge is -2.33. The van der Waals surface area contributed by atoms with E-state index in [4.69, 9.17) is 10.8 Å². The average Bonchev–Trinajstić information content (AvgIpc) is 3.00. The molecule has 3 rings (SSSR count). The first kappa shape index (κ1) is 15.8. The molecule has 1 fully saturated rings. The first-order chi connectivity index (χ1) is 10.9. The van der Waals surface area contributed by atoms with E-state index in [1.165, 1.54) is 4.31 Å². The maximum atomic E-state index is 12.3. The molecule has 1 saturated heterocycles. The van der Waals surface area contributed by atoms with E-state index in [-0.39, 0.29) is 12.6 Å². The summed E-state index contributed by atoms with van der Waals surface area (Å²) in [5, 5.41) is 25.0. The fraction of sp³-hybridized carbons (Fsp3) is 0.357. The maximum absolute atomic E-state index is 12.3. The SMILES string of the molecule is Cc1cc2[nH]ncc2cc1[C@@H]1CN(S(=O)(=O)C(=N)C=N)CCN1. The Morgan fingerprint density at radius 1 is 1.48 bits per heavy atom. The van der Waals surface area contributed by atoms with Crippen molar-refractivity contribution in [2.75, 3.05) is 19.6 Å². The van der Waals surface area contributed by atoms with Gasteiger partial charge >= 0.3 is 0 Å². The highest BCUT2D eigenvalue weighted by molar-refractivity contribution is 8.06. The highest BCUT2D eigenvalue weighted by Crippen LogP contribution is 2.26. The molecule has 1 aliphatic rings. The number of nitrogens with one attached hydrogen (secondary N) is 4. The van der Waals surface area contributed by atoms with Crippen molar-refractivity contribution in [3.63, 3.8) is 0 Å². The zero-order valence-electron chi connectivity index (χ0n) is 12.6. The van der Waals surface area contributed by atoms with Gasteiger partial charge in [-0.1, -0.05) is 0 Å². The van der Waals surface area contributed by atoms with Gasteiger partial charge in [0.1, 0.15) is 0 Å². The van der Waals surface area contributed by atoms with E-state index in [1.807, 2.05) is 19.1 Å². The number of fused-ring (bicyclic) bond motifs is 1. The van der Waals surface area contributed by atoms with E-state index in [0.29, 0.717) is 19.3 Å². The number of rotatable bonds is 3. The Labute approximate surface area is 134 Å². The van der Waals surface area contributed by atoms with Crippen LogP contribution < -0.4 is 5.32 Å². The molecule has 0 unspecified atom stereocenters. The Hall–Kier alpha value is -2.10. The van der Waals surface area contributed by atoms with Gasteiger partial charge in [0.05, 0.1) is 17.9 Å². The van der Waals surface area contributed by atoms with Crippen molar-refractivity contribution in [2.45, 2.75) is 13.0 Å². The second kappa shape index (κ2) is 5.84. The van der Waals surface area contributed by atoms with Crippen LogP contribution in [0.3, 0.4) is 0 Å². The Kier molecular flexibility index (Phi) is 4.00. The van der Waals surface area contributed by atoms with Gasteiger partial charge < -0.3 is 10.7 Å². The summed E-state index contributed by atoms with van der Waals surface area (Å²) in [5.41, 5.74) is 3.00. The second-order valence-corrected chi connectivity index (χ2v) is 7.45. The summed E-state index contributed by atoms with van der Waals surface area (Å²) < 4.78 is 25.8. The molecule has 2 heterocycles. The number of piperazine rings is 1. The van der Waals surface area contributed by atoms with Gasteiger partial charge in [0.25, 0.3) is 10.0 Å². The van der Waals surface area contributed by atoms with Crippen molar-refractivity contribution in [3.05, 3.63) is 29.5 Å². The van der Waals surface area contributed by atoms with Crippen LogP contribution in [0.2, 0.25) is 0 Å². The first-order valence-electron chi connectivity index (χ1n) is 7.19. The minimum absolute atomic E-state index is 0.156. The third kappa shape index (κ3) is 2.78. The van der Waals surface area contributed by atoms with E-state index >= 15 is 0 Å². The zero-order chi connectivity index (χ0) is 16.6. The maximum Gasteiger partial charge on any atom is 0.261 e. The number of hydrogen-bond acceptors (Lipinski definition) is 6. The molecule has 0 spiro atoms. The van der Waals surface area contributed by atoms with Crippen LogP contribution in [0.5, 0.6) is 0 Å². The van der Waals surface area contributed by atoms with Gasteiger partial charge in [-0.05, 0) is 30.2 Å². The average molecular weight is 334 g/mol. The predicted octanol–water partition coefficient (Wildman–Crippen LogP) is 0.774. The lowest BCUT2D eigenvalue weighted by molar-refractivity contribution is 0.305. The molecule has 8 nitrogen and oxygen atoms in total. The minimum atomic E-state index is -3.88. The standard InChI is InChI=1S/C14H18N6O2S/c1-9-4-12-10(7-18-19-12)5-11(9)13-8-20(3-2-17-13)23(21,22)14(16)6-15/h4-7,13,15-17H,2-3,8H2,1H3,(H,18,19)/t13-/m0/s1. The number of aryl methyl sites for hydroxylation is 1. The van der Waals surface area contributed by atoms with Gasteiger partial charge in [-0.2, -0.15) is 9.40 Å². The molecule has 4 N–H and O–H groups in total. The Balaban J connectivity index is 1.92. The van der Waals surface area contributed by atoms with Crippen LogP contribution in [0.1, 0.15) is 17.2 Å². The van der Waals surface area contributed by atoms with Crippen molar-refractivity contribution in [2.24, 2.45) is 0 Å². The fourth-order valence-corrected chi connectivity index (χ4v) is 3.96. The van der Waals surface area contributed by atoms with Gasteiger partial charge in [-0.25, -0.2) is 8.42 Å². The Bertz CT molecular complexity index is 873. The summed E-state index contributed by atoms with van der Waals surface area (Å²) in [4.78, 5) is 0. The third-order valence-electron chi connectivity index (χ3n) is 4.09. The summed E-state index contributed by atoms with van der Waals surface area (Å²) in [6, 6.07) is 3.84. The van der Waals surface area contributed by atoms with E-state index in [2.05, 4.69) is 15.5 Å². The Morgan fingerprint density at radius 3 is 3.00 bits per heavy atom. The lowest BCUT2D eigenvalue weighted by atomic mass is 9.98. The highest BCUT2D eigenvalue weighted by atomic mass is 32.2. The highest BCUT2D eigenvalue weighted by Gasteiger charge is 2.32. The largest absolute Gasteiger partial charge is 0.307 e. The normalized spacial score (nSPS) is 19.8. The molecule has 0 radical (unpaired) electrons. The number of aromatic nitrogens is 2. The van der Waals surface area contributed by atoms with Gasteiger partial charge in [0, 0.05) is 31.1 Å². The van der Waals surface area contributed by atoms with Gasteiger partial charge in [0.2, 0.25) is 0 Å². The van der Waals surface area contributed by atoms with Crippen LogP contribution in [0.25, 0.3) is 10.9 Å². The molecular weight excluding hydrogens is 316 g/mol. The molecule has 9 heteroatoms. The molecule has 122 valence electrons. The second-order valence-electron chi connectivity index (χ2n) is 5.54. The number of H-pyrrole nitrogens is 1. The summed E-state index contributed by atoms with van der Waals surface area (Å²) >= 11 is 0. The van der Waals surface area contributed by atoms with Crippen LogP contribution in [0.15, 0.2) is 18.3 Å². The summed E-state index contributed by atoms with van der Waals surface area (Å²) in [6.45, 7) is 3.01. The van der Waals surface area contributed by atoms with E-state index in [1.54, 1.807) is 6.20 Å². The number of nitrogens with zero attached hydrogens (tertiary/aromatic N) is 2. The topological polar surface area (TPSA) is 126 Å².